The van der Waals surface area contributed by atoms with Crippen LogP contribution in [-0.2, 0) is 16.4 Å². The van der Waals surface area contributed by atoms with Crippen LogP contribution < -0.4 is 4.74 Å². The van der Waals surface area contributed by atoms with Gasteiger partial charge in [0.15, 0.2) is 0 Å². The van der Waals surface area contributed by atoms with E-state index in [1.807, 2.05) is 18.2 Å². The van der Waals surface area contributed by atoms with Crippen molar-refractivity contribution in [3.05, 3.63) is 60.2 Å². The van der Waals surface area contributed by atoms with Gasteiger partial charge >= 0.3 is 0 Å². The minimum atomic E-state index is -3.46. The van der Waals surface area contributed by atoms with Gasteiger partial charge in [0.1, 0.15) is 5.75 Å². The van der Waals surface area contributed by atoms with E-state index in [0.29, 0.717) is 17.2 Å². The van der Waals surface area contributed by atoms with Crippen molar-refractivity contribution < 1.29 is 13.2 Å². The zero-order valence-corrected chi connectivity index (χ0v) is 14.0. The molecular formula is C18H21NO3S. The molecule has 1 heterocycles. The molecule has 3 rings (SSSR count). The van der Waals surface area contributed by atoms with E-state index in [1.54, 1.807) is 35.7 Å². The highest BCUT2D eigenvalue weighted by Crippen LogP contribution is 2.29. The van der Waals surface area contributed by atoms with Gasteiger partial charge in [-0.25, -0.2) is 8.42 Å². The molecule has 0 aromatic heterocycles. The van der Waals surface area contributed by atoms with E-state index in [2.05, 4.69) is 12.1 Å². The second-order valence-electron chi connectivity index (χ2n) is 5.78. The Labute approximate surface area is 137 Å². The molecule has 1 saturated heterocycles. The summed E-state index contributed by atoms with van der Waals surface area (Å²) >= 11 is 0. The van der Waals surface area contributed by atoms with Gasteiger partial charge in [0.2, 0.25) is 10.0 Å². The van der Waals surface area contributed by atoms with Crippen molar-refractivity contribution in [3.63, 3.8) is 0 Å². The third kappa shape index (κ3) is 3.41. The van der Waals surface area contributed by atoms with Crippen LogP contribution in [0.3, 0.4) is 0 Å². The SMILES string of the molecule is COc1ccc(S(=O)(=O)N2CCCC2Cc2ccccc2)cc1. The molecule has 122 valence electrons. The summed E-state index contributed by atoms with van der Waals surface area (Å²) in [6, 6.07) is 16.7. The van der Waals surface area contributed by atoms with Crippen LogP contribution in [0.4, 0.5) is 0 Å². The Morgan fingerprint density at radius 1 is 1.09 bits per heavy atom. The number of methoxy groups -OCH3 is 1. The van der Waals surface area contributed by atoms with Crippen molar-refractivity contribution in [2.24, 2.45) is 0 Å². The Hall–Kier alpha value is -1.85. The molecule has 4 nitrogen and oxygen atoms in total. The molecule has 1 aliphatic heterocycles. The second-order valence-corrected chi connectivity index (χ2v) is 7.67. The lowest BCUT2D eigenvalue weighted by molar-refractivity contribution is 0.385. The molecule has 0 N–H and O–H groups in total. The summed E-state index contributed by atoms with van der Waals surface area (Å²) in [6.07, 6.45) is 2.58. The monoisotopic (exact) mass is 331 g/mol. The smallest absolute Gasteiger partial charge is 0.243 e. The standard InChI is InChI=1S/C18H21NO3S/c1-22-17-9-11-18(12-10-17)23(20,21)19-13-5-8-16(19)14-15-6-3-2-4-7-15/h2-4,6-7,9-12,16H,5,8,13-14H2,1H3. The van der Waals surface area contributed by atoms with Gasteiger partial charge in [0, 0.05) is 12.6 Å². The first-order valence-electron chi connectivity index (χ1n) is 7.81. The van der Waals surface area contributed by atoms with Crippen molar-refractivity contribution in [3.8, 4) is 5.75 Å². The van der Waals surface area contributed by atoms with Gasteiger partial charge in [0.05, 0.1) is 12.0 Å². The predicted octanol–water partition coefficient (Wildman–Crippen LogP) is 3.09. The van der Waals surface area contributed by atoms with Gasteiger partial charge in [-0.2, -0.15) is 4.31 Å². The molecule has 0 radical (unpaired) electrons. The number of hydrogen-bond acceptors (Lipinski definition) is 3. The van der Waals surface area contributed by atoms with Crippen molar-refractivity contribution in [2.75, 3.05) is 13.7 Å². The van der Waals surface area contributed by atoms with Crippen LogP contribution in [0.5, 0.6) is 5.75 Å². The van der Waals surface area contributed by atoms with Gasteiger partial charge in [-0.1, -0.05) is 30.3 Å². The molecule has 0 aliphatic carbocycles. The minimum absolute atomic E-state index is 0.0319. The van der Waals surface area contributed by atoms with Gasteiger partial charge in [-0.15, -0.1) is 0 Å². The van der Waals surface area contributed by atoms with E-state index in [9.17, 15) is 8.42 Å². The van der Waals surface area contributed by atoms with E-state index in [1.165, 1.54) is 5.56 Å². The van der Waals surface area contributed by atoms with Crippen molar-refractivity contribution in [1.82, 2.24) is 4.31 Å². The maximum absolute atomic E-state index is 12.9. The lowest BCUT2D eigenvalue weighted by Crippen LogP contribution is -2.36. The highest BCUT2D eigenvalue weighted by atomic mass is 32.2. The van der Waals surface area contributed by atoms with E-state index in [-0.39, 0.29) is 6.04 Å². The van der Waals surface area contributed by atoms with E-state index < -0.39 is 10.0 Å². The molecular weight excluding hydrogens is 310 g/mol. The first kappa shape index (κ1) is 16.0. The van der Waals surface area contributed by atoms with Gasteiger partial charge in [-0.05, 0) is 49.1 Å². The summed E-state index contributed by atoms with van der Waals surface area (Å²) in [6.45, 7) is 0.589. The van der Waals surface area contributed by atoms with E-state index in [4.69, 9.17) is 4.74 Å². The normalized spacial score (nSPS) is 18.9. The molecule has 2 aromatic carbocycles. The Bertz CT molecular complexity index is 742. The second kappa shape index (κ2) is 6.72. The summed E-state index contributed by atoms with van der Waals surface area (Å²) < 4.78 is 32.6. The molecule has 1 unspecified atom stereocenters. The summed E-state index contributed by atoms with van der Waals surface area (Å²) in [4.78, 5) is 0.332. The minimum Gasteiger partial charge on any atom is -0.497 e. The molecule has 1 aliphatic rings. The average molecular weight is 331 g/mol. The van der Waals surface area contributed by atoms with Crippen molar-refractivity contribution in [2.45, 2.75) is 30.2 Å². The number of rotatable bonds is 5. The number of benzene rings is 2. The Kier molecular flexibility index (Phi) is 4.68. The Morgan fingerprint density at radius 2 is 1.78 bits per heavy atom. The zero-order chi connectivity index (χ0) is 16.3. The fraction of sp³-hybridized carbons (Fsp3) is 0.333. The fourth-order valence-electron chi connectivity index (χ4n) is 3.10. The van der Waals surface area contributed by atoms with Gasteiger partial charge in [0.25, 0.3) is 0 Å². The zero-order valence-electron chi connectivity index (χ0n) is 13.2. The van der Waals surface area contributed by atoms with Crippen molar-refractivity contribution >= 4 is 10.0 Å². The van der Waals surface area contributed by atoms with Crippen LogP contribution in [0.2, 0.25) is 0 Å². The average Bonchev–Trinajstić information content (AvgIpc) is 3.05. The topological polar surface area (TPSA) is 46.6 Å². The lowest BCUT2D eigenvalue weighted by Gasteiger charge is -2.24. The number of nitrogens with zero attached hydrogens (tertiary/aromatic N) is 1. The van der Waals surface area contributed by atoms with Crippen LogP contribution in [0.1, 0.15) is 18.4 Å². The summed E-state index contributed by atoms with van der Waals surface area (Å²) in [7, 11) is -1.89. The molecule has 0 amide bonds. The maximum Gasteiger partial charge on any atom is 0.243 e. The number of sulfonamides is 1. The summed E-state index contributed by atoms with van der Waals surface area (Å²) in [5.74, 6) is 0.659. The largest absolute Gasteiger partial charge is 0.497 e. The summed E-state index contributed by atoms with van der Waals surface area (Å²) in [5.41, 5.74) is 1.18. The number of hydrogen-bond donors (Lipinski definition) is 0. The van der Waals surface area contributed by atoms with Gasteiger partial charge in [-0.3, -0.25) is 0 Å². The first-order chi connectivity index (χ1) is 11.1. The fourth-order valence-corrected chi connectivity index (χ4v) is 4.79. The Morgan fingerprint density at radius 3 is 2.43 bits per heavy atom. The third-order valence-electron chi connectivity index (χ3n) is 4.30. The Balaban J connectivity index is 1.82. The third-order valence-corrected chi connectivity index (χ3v) is 6.27. The van der Waals surface area contributed by atoms with Crippen LogP contribution in [-0.4, -0.2) is 32.4 Å². The molecule has 2 aromatic rings. The number of ether oxygens (including phenoxy) is 1. The van der Waals surface area contributed by atoms with Crippen LogP contribution in [0, 0.1) is 0 Å². The van der Waals surface area contributed by atoms with E-state index >= 15 is 0 Å². The lowest BCUT2D eigenvalue weighted by atomic mass is 10.1. The van der Waals surface area contributed by atoms with Crippen LogP contribution >= 0.6 is 0 Å². The molecule has 1 fully saturated rings. The molecule has 5 heteroatoms. The molecule has 0 saturated carbocycles. The highest BCUT2D eigenvalue weighted by molar-refractivity contribution is 7.89. The molecule has 0 bridgehead atoms. The molecule has 0 spiro atoms. The van der Waals surface area contributed by atoms with Crippen LogP contribution in [0.25, 0.3) is 0 Å². The summed E-state index contributed by atoms with van der Waals surface area (Å²) in [5, 5.41) is 0. The predicted molar refractivity (Wildman–Crippen MR) is 90.1 cm³/mol. The maximum atomic E-state index is 12.9. The van der Waals surface area contributed by atoms with E-state index in [0.717, 1.165) is 19.3 Å². The van der Waals surface area contributed by atoms with Crippen LogP contribution in [0.15, 0.2) is 59.5 Å². The quantitative estimate of drug-likeness (QED) is 0.846. The van der Waals surface area contributed by atoms with Crippen molar-refractivity contribution in [1.29, 1.82) is 0 Å². The highest BCUT2D eigenvalue weighted by Gasteiger charge is 2.35. The molecule has 1 atom stereocenters. The van der Waals surface area contributed by atoms with Gasteiger partial charge < -0.3 is 4.74 Å². The molecule has 23 heavy (non-hydrogen) atoms. The first-order valence-corrected chi connectivity index (χ1v) is 9.25.